The van der Waals surface area contributed by atoms with Gasteiger partial charge in [0.1, 0.15) is 11.2 Å². The van der Waals surface area contributed by atoms with Gasteiger partial charge in [-0.05, 0) is 12.1 Å². The van der Waals surface area contributed by atoms with E-state index in [1.54, 1.807) is 0 Å². The molecule has 0 unspecified atom stereocenters. The van der Waals surface area contributed by atoms with E-state index >= 15 is 0 Å². The van der Waals surface area contributed by atoms with Gasteiger partial charge in [-0.15, -0.1) is 0 Å². The SMILES string of the molecule is O=S(=O)(O)C(F)(F)F.c1ccc2c(c1)oc1ccccc12. The second-order valence-corrected chi connectivity index (χ2v) is 5.43. The molecular formula is C13H9F3O4S. The van der Waals surface area contributed by atoms with Gasteiger partial charge in [0.25, 0.3) is 0 Å². The van der Waals surface area contributed by atoms with E-state index in [2.05, 4.69) is 12.1 Å². The van der Waals surface area contributed by atoms with Crippen LogP contribution in [0.1, 0.15) is 0 Å². The zero-order chi connectivity index (χ0) is 15.7. The molecule has 21 heavy (non-hydrogen) atoms. The van der Waals surface area contributed by atoms with Gasteiger partial charge in [-0.3, -0.25) is 4.55 Å². The molecule has 0 saturated heterocycles. The molecule has 0 aliphatic rings. The van der Waals surface area contributed by atoms with Crippen molar-refractivity contribution in [3.63, 3.8) is 0 Å². The summed E-state index contributed by atoms with van der Waals surface area (Å²) in [6.07, 6.45) is 0. The van der Waals surface area contributed by atoms with E-state index < -0.39 is 15.6 Å². The van der Waals surface area contributed by atoms with Gasteiger partial charge in [-0.1, -0.05) is 36.4 Å². The minimum Gasteiger partial charge on any atom is -0.456 e. The standard InChI is InChI=1S/C12H8O.CHF3O3S/c1-3-7-11-9(5-1)10-6-2-4-8-12(10)13-11;2-1(3,4)8(5,6)7/h1-8H;(H,5,6,7). The molecule has 0 spiro atoms. The van der Waals surface area contributed by atoms with Crippen molar-refractivity contribution in [3.8, 4) is 0 Å². The lowest BCUT2D eigenvalue weighted by molar-refractivity contribution is -0.0510. The van der Waals surface area contributed by atoms with Crippen molar-refractivity contribution < 1.29 is 30.6 Å². The lowest BCUT2D eigenvalue weighted by atomic mass is 10.2. The Labute approximate surface area is 117 Å². The lowest BCUT2D eigenvalue weighted by Gasteiger charge is -1.97. The molecule has 4 nitrogen and oxygen atoms in total. The van der Waals surface area contributed by atoms with Gasteiger partial charge in [0, 0.05) is 10.8 Å². The Kier molecular flexibility index (Phi) is 3.93. The summed E-state index contributed by atoms with van der Waals surface area (Å²) < 4.78 is 63.2. The molecule has 0 aliphatic carbocycles. The second-order valence-electron chi connectivity index (χ2n) is 4.02. The number of benzene rings is 2. The first-order valence-electron chi connectivity index (χ1n) is 5.60. The zero-order valence-corrected chi connectivity index (χ0v) is 11.1. The Balaban J connectivity index is 0.000000177. The van der Waals surface area contributed by atoms with Crippen LogP contribution in [0.4, 0.5) is 13.2 Å². The average molecular weight is 318 g/mol. The van der Waals surface area contributed by atoms with E-state index in [0.717, 1.165) is 11.2 Å². The molecule has 2 aromatic carbocycles. The Morgan fingerprint density at radius 2 is 1.19 bits per heavy atom. The van der Waals surface area contributed by atoms with Crippen LogP contribution in [-0.2, 0) is 10.1 Å². The molecule has 112 valence electrons. The highest BCUT2D eigenvalue weighted by molar-refractivity contribution is 7.86. The van der Waals surface area contributed by atoms with Crippen molar-refractivity contribution in [1.82, 2.24) is 0 Å². The van der Waals surface area contributed by atoms with E-state index in [0.29, 0.717) is 0 Å². The summed E-state index contributed by atoms with van der Waals surface area (Å²) in [7, 11) is -5.84. The first-order chi connectivity index (χ1) is 9.70. The first kappa shape index (κ1) is 15.3. The Morgan fingerprint density at radius 3 is 1.52 bits per heavy atom. The number of rotatable bonds is 0. The van der Waals surface area contributed by atoms with E-state index in [9.17, 15) is 13.2 Å². The number of hydrogen-bond donors (Lipinski definition) is 1. The Morgan fingerprint density at radius 1 is 0.857 bits per heavy atom. The van der Waals surface area contributed by atoms with Crippen molar-refractivity contribution in [1.29, 1.82) is 0 Å². The second kappa shape index (κ2) is 5.38. The van der Waals surface area contributed by atoms with Crippen molar-refractivity contribution >= 4 is 32.1 Å². The number of para-hydroxylation sites is 2. The van der Waals surface area contributed by atoms with Crippen LogP contribution in [0.25, 0.3) is 21.9 Å². The van der Waals surface area contributed by atoms with Crippen LogP contribution < -0.4 is 0 Å². The molecule has 3 aromatic rings. The number of fused-ring (bicyclic) bond motifs is 3. The minimum absolute atomic E-state index is 0.962. The van der Waals surface area contributed by atoms with E-state index in [1.165, 1.54) is 10.8 Å². The maximum Gasteiger partial charge on any atom is 0.522 e. The van der Waals surface area contributed by atoms with Crippen LogP contribution in [0.2, 0.25) is 0 Å². The molecule has 0 amide bonds. The quantitative estimate of drug-likeness (QED) is 0.503. The smallest absolute Gasteiger partial charge is 0.456 e. The fourth-order valence-electron chi connectivity index (χ4n) is 1.67. The summed E-state index contributed by atoms with van der Waals surface area (Å²) in [4.78, 5) is 0. The maximum atomic E-state index is 10.7. The van der Waals surface area contributed by atoms with E-state index in [4.69, 9.17) is 17.4 Å². The minimum atomic E-state index is -5.84. The van der Waals surface area contributed by atoms with Crippen LogP contribution in [0, 0.1) is 0 Å². The summed E-state index contributed by atoms with van der Waals surface area (Å²) in [6, 6.07) is 16.2. The normalized spacial score (nSPS) is 12.2. The highest BCUT2D eigenvalue weighted by Gasteiger charge is 2.44. The molecule has 1 N–H and O–H groups in total. The molecule has 0 radical (unpaired) electrons. The van der Waals surface area contributed by atoms with Gasteiger partial charge in [0.15, 0.2) is 0 Å². The largest absolute Gasteiger partial charge is 0.522 e. The lowest BCUT2D eigenvalue weighted by Crippen LogP contribution is -2.21. The highest BCUT2D eigenvalue weighted by atomic mass is 32.2. The molecule has 1 aromatic heterocycles. The average Bonchev–Trinajstić information content (AvgIpc) is 2.75. The predicted molar refractivity (Wildman–Crippen MR) is 71.3 cm³/mol. The third-order valence-electron chi connectivity index (χ3n) is 2.58. The van der Waals surface area contributed by atoms with E-state index in [1.807, 2.05) is 36.4 Å². The summed E-state index contributed by atoms with van der Waals surface area (Å²) in [5.74, 6) is 0. The zero-order valence-electron chi connectivity index (χ0n) is 10.3. The third kappa shape index (κ3) is 3.34. The Hall–Kier alpha value is -2.06. The number of hydrogen-bond acceptors (Lipinski definition) is 3. The van der Waals surface area contributed by atoms with Crippen molar-refractivity contribution in [2.45, 2.75) is 5.51 Å². The molecule has 8 heteroatoms. The fraction of sp³-hybridized carbons (Fsp3) is 0.0769. The number of furan rings is 1. The maximum absolute atomic E-state index is 10.7. The third-order valence-corrected chi connectivity index (χ3v) is 3.16. The number of alkyl halides is 3. The first-order valence-corrected chi connectivity index (χ1v) is 7.04. The van der Waals surface area contributed by atoms with Crippen LogP contribution >= 0.6 is 0 Å². The molecule has 0 aliphatic heterocycles. The van der Waals surface area contributed by atoms with Gasteiger partial charge in [0.05, 0.1) is 0 Å². The molecular weight excluding hydrogens is 309 g/mol. The van der Waals surface area contributed by atoms with Crippen LogP contribution in [0.3, 0.4) is 0 Å². The molecule has 3 rings (SSSR count). The molecule has 0 atom stereocenters. The van der Waals surface area contributed by atoms with Crippen LogP contribution in [0.5, 0.6) is 0 Å². The van der Waals surface area contributed by atoms with Gasteiger partial charge >= 0.3 is 15.6 Å². The van der Waals surface area contributed by atoms with Gasteiger partial charge in [-0.2, -0.15) is 21.6 Å². The van der Waals surface area contributed by atoms with E-state index in [-0.39, 0.29) is 0 Å². The van der Waals surface area contributed by atoms with Crippen molar-refractivity contribution in [3.05, 3.63) is 48.5 Å². The van der Waals surface area contributed by atoms with Gasteiger partial charge < -0.3 is 4.42 Å². The summed E-state index contributed by atoms with van der Waals surface area (Å²) >= 11 is 0. The van der Waals surface area contributed by atoms with Crippen LogP contribution in [0.15, 0.2) is 52.9 Å². The highest BCUT2D eigenvalue weighted by Crippen LogP contribution is 2.27. The Bertz CT molecular complexity index is 815. The van der Waals surface area contributed by atoms with Crippen molar-refractivity contribution in [2.24, 2.45) is 0 Å². The predicted octanol–water partition coefficient (Wildman–Crippen LogP) is 3.98. The topological polar surface area (TPSA) is 67.5 Å². The number of halogens is 3. The summed E-state index contributed by atoms with van der Waals surface area (Å²) in [5, 5.41) is 2.39. The molecule has 0 saturated carbocycles. The van der Waals surface area contributed by atoms with Crippen molar-refractivity contribution in [2.75, 3.05) is 0 Å². The molecule has 1 heterocycles. The van der Waals surface area contributed by atoms with Crippen LogP contribution in [-0.4, -0.2) is 18.5 Å². The van der Waals surface area contributed by atoms with Gasteiger partial charge in [0.2, 0.25) is 0 Å². The van der Waals surface area contributed by atoms with Gasteiger partial charge in [-0.25, -0.2) is 0 Å². The molecule has 0 bridgehead atoms. The summed E-state index contributed by atoms with van der Waals surface area (Å²) in [5.41, 5.74) is -3.61. The summed E-state index contributed by atoms with van der Waals surface area (Å²) in [6.45, 7) is 0. The fourth-order valence-corrected chi connectivity index (χ4v) is 1.67. The monoisotopic (exact) mass is 318 g/mol. The molecule has 0 fully saturated rings.